The lowest BCUT2D eigenvalue weighted by Gasteiger charge is -2.12. The summed E-state index contributed by atoms with van der Waals surface area (Å²) in [4.78, 5) is 0. The second kappa shape index (κ2) is 4.54. The summed E-state index contributed by atoms with van der Waals surface area (Å²) in [6.45, 7) is 0.763. The van der Waals surface area contributed by atoms with Crippen LogP contribution in [0.5, 0.6) is 5.75 Å². The average Bonchev–Trinajstić information content (AvgIpc) is 2.61. The second-order valence-corrected chi connectivity index (χ2v) is 4.90. The van der Waals surface area contributed by atoms with Crippen LogP contribution in [-0.4, -0.2) is 13.7 Å². The van der Waals surface area contributed by atoms with E-state index in [9.17, 15) is 0 Å². The highest BCUT2D eigenvalue weighted by molar-refractivity contribution is 9.10. The average molecular weight is 270 g/mol. The first-order chi connectivity index (χ1) is 7.26. The predicted octanol–water partition coefficient (Wildman–Crippen LogP) is 2.84. The molecular formula is C12H16BrNO. The Morgan fingerprint density at radius 2 is 2.33 bits per heavy atom. The number of benzene rings is 1. The number of hydrogen-bond donors (Lipinski definition) is 1. The van der Waals surface area contributed by atoms with Gasteiger partial charge in [0.1, 0.15) is 5.75 Å². The molecule has 0 radical (unpaired) electrons. The third kappa shape index (κ3) is 2.04. The highest BCUT2D eigenvalue weighted by Gasteiger charge is 2.25. The third-order valence-electron chi connectivity index (χ3n) is 3.13. The van der Waals surface area contributed by atoms with Crippen LogP contribution in [0, 0.1) is 0 Å². The SMILES string of the molecule is COc1cc(Br)cc2c1CCC2CCN. The van der Waals surface area contributed by atoms with E-state index in [4.69, 9.17) is 10.5 Å². The first-order valence-electron chi connectivity index (χ1n) is 5.32. The molecule has 0 fully saturated rings. The maximum atomic E-state index is 5.63. The molecule has 0 saturated carbocycles. The van der Waals surface area contributed by atoms with Gasteiger partial charge in [0.2, 0.25) is 0 Å². The number of halogens is 1. The van der Waals surface area contributed by atoms with Gasteiger partial charge < -0.3 is 10.5 Å². The molecule has 2 rings (SSSR count). The number of nitrogens with two attached hydrogens (primary N) is 1. The van der Waals surface area contributed by atoms with Crippen LogP contribution >= 0.6 is 15.9 Å². The van der Waals surface area contributed by atoms with Gasteiger partial charge in [0.25, 0.3) is 0 Å². The fraction of sp³-hybridized carbons (Fsp3) is 0.500. The fourth-order valence-corrected chi connectivity index (χ4v) is 2.88. The van der Waals surface area contributed by atoms with Gasteiger partial charge in [-0.05, 0) is 55.0 Å². The molecule has 0 saturated heterocycles. The summed E-state index contributed by atoms with van der Waals surface area (Å²) >= 11 is 3.52. The van der Waals surface area contributed by atoms with Crippen molar-refractivity contribution >= 4 is 15.9 Å². The van der Waals surface area contributed by atoms with Gasteiger partial charge in [-0.3, -0.25) is 0 Å². The van der Waals surface area contributed by atoms with E-state index in [2.05, 4.69) is 22.0 Å². The zero-order valence-corrected chi connectivity index (χ0v) is 10.5. The van der Waals surface area contributed by atoms with Crippen molar-refractivity contribution in [3.05, 3.63) is 27.7 Å². The molecule has 1 atom stereocenters. The summed E-state index contributed by atoms with van der Waals surface area (Å²) in [6.07, 6.45) is 3.41. The minimum absolute atomic E-state index is 0.622. The van der Waals surface area contributed by atoms with Crippen molar-refractivity contribution in [2.75, 3.05) is 13.7 Å². The quantitative estimate of drug-likeness (QED) is 0.916. The summed E-state index contributed by atoms with van der Waals surface area (Å²) in [5.74, 6) is 1.63. The van der Waals surface area contributed by atoms with E-state index < -0.39 is 0 Å². The van der Waals surface area contributed by atoms with Gasteiger partial charge in [-0.25, -0.2) is 0 Å². The first-order valence-corrected chi connectivity index (χ1v) is 6.12. The summed E-state index contributed by atoms with van der Waals surface area (Å²) < 4.78 is 6.50. The lowest BCUT2D eigenvalue weighted by molar-refractivity contribution is 0.410. The highest BCUT2D eigenvalue weighted by Crippen LogP contribution is 2.41. The smallest absolute Gasteiger partial charge is 0.123 e. The molecule has 1 aliphatic rings. The van der Waals surface area contributed by atoms with Crippen molar-refractivity contribution in [1.29, 1.82) is 0 Å². The standard InChI is InChI=1S/C12H16BrNO/c1-15-12-7-9(13)6-11-8(4-5-14)2-3-10(11)12/h6-8H,2-5,14H2,1H3. The number of fused-ring (bicyclic) bond motifs is 1. The molecule has 3 heteroatoms. The molecular weight excluding hydrogens is 254 g/mol. The molecule has 1 aromatic carbocycles. The van der Waals surface area contributed by atoms with Crippen LogP contribution in [-0.2, 0) is 6.42 Å². The van der Waals surface area contributed by atoms with E-state index in [1.807, 2.05) is 6.07 Å². The molecule has 0 bridgehead atoms. The Labute approximate surface area is 98.9 Å². The summed E-state index contributed by atoms with van der Waals surface area (Å²) in [5.41, 5.74) is 8.43. The molecule has 0 amide bonds. The zero-order chi connectivity index (χ0) is 10.8. The van der Waals surface area contributed by atoms with Crippen LogP contribution in [0.1, 0.15) is 29.9 Å². The molecule has 1 aliphatic carbocycles. The van der Waals surface area contributed by atoms with E-state index in [1.54, 1.807) is 7.11 Å². The summed E-state index contributed by atoms with van der Waals surface area (Å²) in [6, 6.07) is 4.26. The van der Waals surface area contributed by atoms with E-state index in [0.717, 1.165) is 29.6 Å². The lowest BCUT2D eigenvalue weighted by Crippen LogP contribution is -2.04. The first kappa shape index (κ1) is 11.0. The Morgan fingerprint density at radius 3 is 3.00 bits per heavy atom. The monoisotopic (exact) mass is 269 g/mol. The molecule has 0 aliphatic heterocycles. The van der Waals surface area contributed by atoms with Crippen LogP contribution in [0.2, 0.25) is 0 Å². The minimum atomic E-state index is 0.622. The Balaban J connectivity index is 2.39. The fourth-order valence-electron chi connectivity index (χ4n) is 2.42. The molecule has 1 unspecified atom stereocenters. The topological polar surface area (TPSA) is 35.2 Å². The van der Waals surface area contributed by atoms with E-state index in [0.29, 0.717) is 5.92 Å². The van der Waals surface area contributed by atoms with Crippen molar-refractivity contribution in [3.63, 3.8) is 0 Å². The van der Waals surface area contributed by atoms with Crippen molar-refractivity contribution in [2.24, 2.45) is 5.73 Å². The van der Waals surface area contributed by atoms with E-state index in [1.165, 1.54) is 17.5 Å². The highest BCUT2D eigenvalue weighted by atomic mass is 79.9. The Morgan fingerprint density at radius 1 is 1.53 bits per heavy atom. The van der Waals surface area contributed by atoms with Crippen LogP contribution in [0.15, 0.2) is 16.6 Å². The molecule has 1 aromatic rings. The number of methoxy groups -OCH3 is 1. The zero-order valence-electron chi connectivity index (χ0n) is 8.92. The van der Waals surface area contributed by atoms with Crippen LogP contribution < -0.4 is 10.5 Å². The Bertz CT molecular complexity index is 365. The third-order valence-corrected chi connectivity index (χ3v) is 3.58. The molecule has 0 aromatic heterocycles. The van der Waals surface area contributed by atoms with Gasteiger partial charge in [0.05, 0.1) is 7.11 Å². The maximum absolute atomic E-state index is 5.63. The van der Waals surface area contributed by atoms with Gasteiger partial charge in [0, 0.05) is 4.47 Å². The second-order valence-electron chi connectivity index (χ2n) is 3.99. The van der Waals surface area contributed by atoms with Crippen LogP contribution in [0.3, 0.4) is 0 Å². The van der Waals surface area contributed by atoms with Crippen molar-refractivity contribution in [1.82, 2.24) is 0 Å². The molecule has 2 nitrogen and oxygen atoms in total. The molecule has 82 valence electrons. The molecule has 2 N–H and O–H groups in total. The summed E-state index contributed by atoms with van der Waals surface area (Å²) in [7, 11) is 1.73. The van der Waals surface area contributed by atoms with Crippen molar-refractivity contribution in [2.45, 2.75) is 25.2 Å². The Kier molecular flexibility index (Phi) is 3.32. The van der Waals surface area contributed by atoms with Crippen LogP contribution in [0.25, 0.3) is 0 Å². The van der Waals surface area contributed by atoms with Gasteiger partial charge in [-0.15, -0.1) is 0 Å². The number of rotatable bonds is 3. The van der Waals surface area contributed by atoms with E-state index >= 15 is 0 Å². The van der Waals surface area contributed by atoms with Gasteiger partial charge in [-0.2, -0.15) is 0 Å². The minimum Gasteiger partial charge on any atom is -0.496 e. The Hall–Kier alpha value is -0.540. The number of hydrogen-bond acceptors (Lipinski definition) is 2. The number of ether oxygens (including phenoxy) is 1. The molecule has 15 heavy (non-hydrogen) atoms. The van der Waals surface area contributed by atoms with Crippen molar-refractivity contribution < 1.29 is 4.74 Å². The lowest BCUT2D eigenvalue weighted by atomic mass is 9.98. The normalized spacial score (nSPS) is 19.0. The molecule has 0 spiro atoms. The largest absolute Gasteiger partial charge is 0.496 e. The van der Waals surface area contributed by atoms with Crippen LogP contribution in [0.4, 0.5) is 0 Å². The van der Waals surface area contributed by atoms with Gasteiger partial charge in [-0.1, -0.05) is 15.9 Å². The molecule has 0 heterocycles. The van der Waals surface area contributed by atoms with Gasteiger partial charge >= 0.3 is 0 Å². The van der Waals surface area contributed by atoms with Crippen molar-refractivity contribution in [3.8, 4) is 5.75 Å². The predicted molar refractivity (Wildman–Crippen MR) is 65.4 cm³/mol. The maximum Gasteiger partial charge on any atom is 0.123 e. The van der Waals surface area contributed by atoms with Gasteiger partial charge in [0.15, 0.2) is 0 Å². The summed E-state index contributed by atoms with van der Waals surface area (Å²) in [5, 5.41) is 0. The van der Waals surface area contributed by atoms with E-state index in [-0.39, 0.29) is 0 Å².